The molecule has 0 aliphatic carbocycles. The highest BCUT2D eigenvalue weighted by Gasteiger charge is 2.09. The quantitative estimate of drug-likeness (QED) is 0.851. The van der Waals surface area contributed by atoms with Crippen LogP contribution < -0.4 is 0 Å². The van der Waals surface area contributed by atoms with Gasteiger partial charge >= 0.3 is 0 Å². The Bertz CT molecular complexity index is 341. The SMILES string of the molecule is CCCC(C)N(C)Cc1ccc(O)c(Cl)c1. The second kappa shape index (κ2) is 6.12. The van der Waals surface area contributed by atoms with Gasteiger partial charge in [-0.25, -0.2) is 0 Å². The fourth-order valence-electron chi connectivity index (χ4n) is 1.73. The lowest BCUT2D eigenvalue weighted by atomic mass is 10.1. The molecule has 0 aromatic heterocycles. The lowest BCUT2D eigenvalue weighted by Gasteiger charge is -2.24. The van der Waals surface area contributed by atoms with E-state index in [0.29, 0.717) is 11.1 Å². The Hall–Kier alpha value is -0.730. The van der Waals surface area contributed by atoms with E-state index >= 15 is 0 Å². The van der Waals surface area contributed by atoms with Crippen LogP contribution in [0.3, 0.4) is 0 Å². The molecule has 0 aliphatic heterocycles. The van der Waals surface area contributed by atoms with E-state index < -0.39 is 0 Å². The van der Waals surface area contributed by atoms with Gasteiger partial charge in [-0.2, -0.15) is 0 Å². The van der Waals surface area contributed by atoms with Gasteiger partial charge in [0.1, 0.15) is 5.75 Å². The molecule has 0 spiro atoms. The van der Waals surface area contributed by atoms with Crippen molar-refractivity contribution in [3.05, 3.63) is 28.8 Å². The molecule has 0 radical (unpaired) electrons. The van der Waals surface area contributed by atoms with Crippen molar-refractivity contribution >= 4 is 11.6 Å². The molecule has 2 nitrogen and oxygen atoms in total. The van der Waals surface area contributed by atoms with Gasteiger partial charge in [-0.3, -0.25) is 4.90 Å². The average Bonchev–Trinajstić information content (AvgIpc) is 2.24. The van der Waals surface area contributed by atoms with E-state index in [-0.39, 0.29) is 5.75 Å². The first-order chi connectivity index (χ1) is 7.54. The van der Waals surface area contributed by atoms with Gasteiger partial charge in [0, 0.05) is 12.6 Å². The van der Waals surface area contributed by atoms with E-state index in [9.17, 15) is 5.11 Å². The third kappa shape index (κ3) is 3.69. The molecule has 1 atom stereocenters. The number of phenolic OH excluding ortho intramolecular Hbond substituents is 1. The molecule has 1 aromatic rings. The van der Waals surface area contributed by atoms with Gasteiger partial charge in [-0.05, 0) is 38.1 Å². The molecular weight excluding hydrogens is 222 g/mol. The number of phenols is 1. The summed E-state index contributed by atoms with van der Waals surface area (Å²) in [5.74, 6) is 0.148. The molecule has 16 heavy (non-hydrogen) atoms. The maximum Gasteiger partial charge on any atom is 0.134 e. The van der Waals surface area contributed by atoms with Crippen LogP contribution in [0, 0.1) is 0 Å². The average molecular weight is 242 g/mol. The number of hydrogen-bond acceptors (Lipinski definition) is 2. The Morgan fingerprint density at radius 1 is 1.44 bits per heavy atom. The summed E-state index contributed by atoms with van der Waals surface area (Å²) in [6.07, 6.45) is 2.39. The zero-order chi connectivity index (χ0) is 12.1. The molecule has 0 aliphatic rings. The Morgan fingerprint density at radius 3 is 2.69 bits per heavy atom. The number of halogens is 1. The summed E-state index contributed by atoms with van der Waals surface area (Å²) in [6, 6.07) is 5.95. The first-order valence-electron chi connectivity index (χ1n) is 5.72. The first kappa shape index (κ1) is 13.3. The maximum absolute atomic E-state index is 9.33. The van der Waals surface area contributed by atoms with Crippen LogP contribution in [0.4, 0.5) is 0 Å². The maximum atomic E-state index is 9.33. The molecule has 1 unspecified atom stereocenters. The minimum atomic E-state index is 0.148. The molecule has 1 N–H and O–H groups in total. The molecule has 1 aromatic carbocycles. The Kier molecular flexibility index (Phi) is 5.10. The molecule has 0 saturated heterocycles. The fourth-order valence-corrected chi connectivity index (χ4v) is 1.93. The van der Waals surface area contributed by atoms with E-state index in [1.807, 2.05) is 12.1 Å². The molecular formula is C13H20ClNO. The van der Waals surface area contributed by atoms with E-state index in [0.717, 1.165) is 12.1 Å². The monoisotopic (exact) mass is 241 g/mol. The highest BCUT2D eigenvalue weighted by Crippen LogP contribution is 2.24. The summed E-state index contributed by atoms with van der Waals surface area (Å²) in [5.41, 5.74) is 1.13. The van der Waals surface area contributed by atoms with Crippen molar-refractivity contribution in [2.45, 2.75) is 39.3 Å². The minimum Gasteiger partial charge on any atom is -0.506 e. The lowest BCUT2D eigenvalue weighted by Crippen LogP contribution is -2.28. The van der Waals surface area contributed by atoms with E-state index in [1.165, 1.54) is 12.8 Å². The normalized spacial score (nSPS) is 13.1. The fraction of sp³-hybridized carbons (Fsp3) is 0.538. The Labute approximate surface area is 103 Å². The standard InChI is InChI=1S/C13H20ClNO/c1-4-5-10(2)15(3)9-11-6-7-13(16)12(14)8-11/h6-8,10,16H,4-5,9H2,1-3H3. The van der Waals surface area contributed by atoms with Gasteiger partial charge in [0.05, 0.1) is 5.02 Å². The van der Waals surface area contributed by atoms with Crippen molar-refractivity contribution < 1.29 is 5.11 Å². The lowest BCUT2D eigenvalue weighted by molar-refractivity contribution is 0.237. The molecule has 0 amide bonds. The third-order valence-corrected chi connectivity index (χ3v) is 3.21. The number of nitrogens with zero attached hydrogens (tertiary/aromatic N) is 1. The second-order valence-electron chi connectivity index (χ2n) is 4.34. The Balaban J connectivity index is 2.62. The summed E-state index contributed by atoms with van der Waals surface area (Å²) in [4.78, 5) is 2.30. The number of hydrogen-bond donors (Lipinski definition) is 1. The Morgan fingerprint density at radius 2 is 2.12 bits per heavy atom. The molecule has 0 fully saturated rings. The van der Waals surface area contributed by atoms with Crippen molar-refractivity contribution in [3.63, 3.8) is 0 Å². The predicted octanol–water partition coefficient (Wildman–Crippen LogP) is 3.67. The van der Waals surface area contributed by atoms with Gasteiger partial charge in [0.2, 0.25) is 0 Å². The second-order valence-corrected chi connectivity index (χ2v) is 4.75. The topological polar surface area (TPSA) is 23.5 Å². The summed E-state index contributed by atoms with van der Waals surface area (Å²) >= 11 is 5.87. The van der Waals surface area contributed by atoms with Crippen molar-refractivity contribution in [1.29, 1.82) is 0 Å². The molecule has 0 bridgehead atoms. The van der Waals surface area contributed by atoms with Crippen LogP contribution in [0.5, 0.6) is 5.75 Å². The number of rotatable bonds is 5. The number of benzene rings is 1. The van der Waals surface area contributed by atoms with Crippen molar-refractivity contribution in [2.75, 3.05) is 7.05 Å². The summed E-state index contributed by atoms with van der Waals surface area (Å²) in [6.45, 7) is 5.29. The molecule has 0 heterocycles. The zero-order valence-electron chi connectivity index (χ0n) is 10.2. The highest BCUT2D eigenvalue weighted by molar-refractivity contribution is 6.32. The van der Waals surface area contributed by atoms with Crippen LogP contribution in [0.1, 0.15) is 32.3 Å². The van der Waals surface area contributed by atoms with E-state index in [2.05, 4.69) is 25.8 Å². The van der Waals surface area contributed by atoms with Gasteiger partial charge in [0.15, 0.2) is 0 Å². The molecule has 0 saturated carbocycles. The molecule has 1 rings (SSSR count). The van der Waals surface area contributed by atoms with Crippen LogP contribution in [0.25, 0.3) is 0 Å². The molecule has 3 heteroatoms. The minimum absolute atomic E-state index is 0.148. The van der Waals surface area contributed by atoms with Gasteiger partial charge in [0.25, 0.3) is 0 Å². The number of aromatic hydroxyl groups is 1. The highest BCUT2D eigenvalue weighted by atomic mass is 35.5. The summed E-state index contributed by atoms with van der Waals surface area (Å²) in [5, 5.41) is 9.75. The summed E-state index contributed by atoms with van der Waals surface area (Å²) < 4.78 is 0. The van der Waals surface area contributed by atoms with E-state index in [4.69, 9.17) is 11.6 Å². The predicted molar refractivity (Wildman–Crippen MR) is 69.0 cm³/mol. The van der Waals surface area contributed by atoms with Crippen molar-refractivity contribution in [1.82, 2.24) is 4.90 Å². The van der Waals surface area contributed by atoms with Gasteiger partial charge in [-0.15, -0.1) is 0 Å². The van der Waals surface area contributed by atoms with Crippen molar-refractivity contribution in [3.8, 4) is 5.75 Å². The molecule has 90 valence electrons. The van der Waals surface area contributed by atoms with Gasteiger partial charge in [-0.1, -0.05) is 31.0 Å². The third-order valence-electron chi connectivity index (χ3n) is 2.90. The van der Waals surface area contributed by atoms with Gasteiger partial charge < -0.3 is 5.11 Å². The van der Waals surface area contributed by atoms with Crippen LogP contribution in [0.2, 0.25) is 5.02 Å². The van der Waals surface area contributed by atoms with Crippen LogP contribution >= 0.6 is 11.6 Å². The van der Waals surface area contributed by atoms with Crippen LogP contribution in [0.15, 0.2) is 18.2 Å². The van der Waals surface area contributed by atoms with Crippen LogP contribution in [-0.4, -0.2) is 23.1 Å². The smallest absolute Gasteiger partial charge is 0.134 e. The largest absolute Gasteiger partial charge is 0.506 e. The van der Waals surface area contributed by atoms with Crippen LogP contribution in [-0.2, 0) is 6.54 Å². The van der Waals surface area contributed by atoms with E-state index in [1.54, 1.807) is 6.07 Å². The van der Waals surface area contributed by atoms with Crippen molar-refractivity contribution in [2.24, 2.45) is 0 Å². The summed E-state index contributed by atoms with van der Waals surface area (Å²) in [7, 11) is 2.11. The first-order valence-corrected chi connectivity index (χ1v) is 6.10. The zero-order valence-corrected chi connectivity index (χ0v) is 11.0.